The Bertz CT molecular complexity index is 276. The van der Waals surface area contributed by atoms with Gasteiger partial charge in [0.2, 0.25) is 5.91 Å². The van der Waals surface area contributed by atoms with E-state index in [1.54, 1.807) is 11.4 Å². The summed E-state index contributed by atoms with van der Waals surface area (Å²) in [5, 5.41) is 3.75. The number of imide groups is 2. The largest absolute Gasteiger partial charge is 0.351 e. The third kappa shape index (κ3) is 5.45. The summed E-state index contributed by atoms with van der Waals surface area (Å²) in [6.07, 6.45) is 2.66. The standard InChI is InChI=1S/C9H15N3O3/c1-3-5-6(4-2)7(13)11-9(15)12-8(10)14/h3,6H,1,4-5H2,2H3,(H4,10,11,12,13,14,15). The molecule has 0 saturated heterocycles. The van der Waals surface area contributed by atoms with Crippen LogP contribution in [0.4, 0.5) is 9.59 Å². The van der Waals surface area contributed by atoms with Gasteiger partial charge < -0.3 is 5.73 Å². The zero-order valence-corrected chi connectivity index (χ0v) is 8.58. The van der Waals surface area contributed by atoms with E-state index >= 15 is 0 Å². The van der Waals surface area contributed by atoms with Gasteiger partial charge in [0.15, 0.2) is 0 Å². The molecule has 15 heavy (non-hydrogen) atoms. The highest BCUT2D eigenvalue weighted by Crippen LogP contribution is 2.08. The van der Waals surface area contributed by atoms with Gasteiger partial charge in [-0.05, 0) is 12.8 Å². The zero-order chi connectivity index (χ0) is 11.8. The number of primary amides is 1. The Labute approximate surface area is 87.9 Å². The van der Waals surface area contributed by atoms with E-state index in [1.807, 2.05) is 12.2 Å². The summed E-state index contributed by atoms with van der Waals surface area (Å²) < 4.78 is 0. The molecule has 0 heterocycles. The highest BCUT2D eigenvalue weighted by Gasteiger charge is 2.17. The van der Waals surface area contributed by atoms with Crippen molar-refractivity contribution in [3.63, 3.8) is 0 Å². The highest BCUT2D eigenvalue weighted by molar-refractivity contribution is 6.01. The molecule has 0 fully saturated rings. The van der Waals surface area contributed by atoms with Crippen molar-refractivity contribution in [1.29, 1.82) is 0 Å². The van der Waals surface area contributed by atoms with Crippen LogP contribution in [0, 0.1) is 5.92 Å². The van der Waals surface area contributed by atoms with Gasteiger partial charge in [0.1, 0.15) is 0 Å². The predicted octanol–water partition coefficient (Wildman–Crippen LogP) is 0.493. The number of carbonyl (C=O) groups is 3. The fourth-order valence-electron chi connectivity index (χ4n) is 1.02. The fourth-order valence-corrected chi connectivity index (χ4v) is 1.02. The Morgan fingerprint density at radius 3 is 2.40 bits per heavy atom. The molecule has 6 heteroatoms. The molecule has 0 saturated carbocycles. The number of carbonyl (C=O) groups excluding carboxylic acids is 3. The van der Waals surface area contributed by atoms with Crippen molar-refractivity contribution in [1.82, 2.24) is 10.6 Å². The fraction of sp³-hybridized carbons (Fsp3) is 0.444. The maximum Gasteiger partial charge on any atom is 0.329 e. The maximum absolute atomic E-state index is 11.4. The third-order valence-corrected chi connectivity index (χ3v) is 1.79. The Balaban J connectivity index is 4.15. The van der Waals surface area contributed by atoms with Crippen molar-refractivity contribution in [2.75, 3.05) is 0 Å². The number of allylic oxidation sites excluding steroid dienone is 1. The van der Waals surface area contributed by atoms with Gasteiger partial charge in [0, 0.05) is 5.92 Å². The molecule has 0 aromatic heterocycles. The number of urea groups is 2. The lowest BCUT2D eigenvalue weighted by atomic mass is 10.0. The summed E-state index contributed by atoms with van der Waals surface area (Å²) in [6.45, 7) is 5.32. The Hall–Kier alpha value is -1.85. The van der Waals surface area contributed by atoms with Gasteiger partial charge in [-0.2, -0.15) is 0 Å². The van der Waals surface area contributed by atoms with Gasteiger partial charge in [-0.1, -0.05) is 13.0 Å². The Morgan fingerprint density at radius 1 is 1.40 bits per heavy atom. The number of nitrogens with one attached hydrogen (secondary N) is 2. The first-order valence-electron chi connectivity index (χ1n) is 4.53. The van der Waals surface area contributed by atoms with Gasteiger partial charge in [0.05, 0.1) is 0 Å². The molecule has 0 aromatic carbocycles. The van der Waals surface area contributed by atoms with Crippen LogP contribution >= 0.6 is 0 Å². The minimum atomic E-state index is -1.00. The van der Waals surface area contributed by atoms with Crippen LogP contribution in [-0.2, 0) is 4.79 Å². The molecule has 0 aromatic rings. The zero-order valence-electron chi connectivity index (χ0n) is 8.58. The molecule has 4 N–H and O–H groups in total. The molecule has 84 valence electrons. The summed E-state index contributed by atoms with van der Waals surface area (Å²) in [4.78, 5) is 32.6. The number of nitrogens with two attached hydrogens (primary N) is 1. The van der Waals surface area contributed by atoms with Gasteiger partial charge in [-0.15, -0.1) is 6.58 Å². The van der Waals surface area contributed by atoms with E-state index in [-0.39, 0.29) is 5.92 Å². The van der Waals surface area contributed by atoms with Crippen LogP contribution in [-0.4, -0.2) is 18.0 Å². The first-order valence-corrected chi connectivity index (χ1v) is 4.53. The lowest BCUT2D eigenvalue weighted by Gasteiger charge is -2.11. The summed E-state index contributed by atoms with van der Waals surface area (Å²) in [5.41, 5.74) is 4.70. The van der Waals surface area contributed by atoms with Crippen molar-refractivity contribution in [2.24, 2.45) is 11.7 Å². The molecule has 0 spiro atoms. The SMILES string of the molecule is C=CCC(CC)C(=O)NC(=O)NC(N)=O. The molecule has 0 aliphatic rings. The van der Waals surface area contributed by atoms with Crippen molar-refractivity contribution >= 4 is 18.0 Å². The minimum Gasteiger partial charge on any atom is -0.351 e. The second-order valence-electron chi connectivity index (χ2n) is 2.94. The van der Waals surface area contributed by atoms with Gasteiger partial charge in [-0.25, -0.2) is 9.59 Å². The molecule has 0 rings (SSSR count). The van der Waals surface area contributed by atoms with E-state index in [4.69, 9.17) is 5.73 Å². The predicted molar refractivity (Wildman–Crippen MR) is 54.9 cm³/mol. The lowest BCUT2D eigenvalue weighted by Crippen LogP contribution is -2.46. The van der Waals surface area contributed by atoms with Gasteiger partial charge >= 0.3 is 12.1 Å². The van der Waals surface area contributed by atoms with E-state index in [1.165, 1.54) is 0 Å². The molecule has 1 atom stereocenters. The molecule has 0 aliphatic heterocycles. The summed E-state index contributed by atoms with van der Waals surface area (Å²) in [7, 11) is 0. The number of hydrogen-bond acceptors (Lipinski definition) is 3. The first kappa shape index (κ1) is 13.2. The van der Waals surface area contributed by atoms with Crippen LogP contribution < -0.4 is 16.4 Å². The molecule has 5 amide bonds. The minimum absolute atomic E-state index is 0.318. The summed E-state index contributed by atoms with van der Waals surface area (Å²) in [6, 6.07) is -1.91. The molecular formula is C9H15N3O3. The van der Waals surface area contributed by atoms with Crippen LogP contribution in [0.3, 0.4) is 0 Å². The van der Waals surface area contributed by atoms with Crippen LogP contribution in [0.2, 0.25) is 0 Å². The molecule has 6 nitrogen and oxygen atoms in total. The molecule has 0 aliphatic carbocycles. The molecule has 0 radical (unpaired) electrons. The topological polar surface area (TPSA) is 101 Å². The van der Waals surface area contributed by atoms with Crippen molar-refractivity contribution in [2.45, 2.75) is 19.8 Å². The van der Waals surface area contributed by atoms with Crippen molar-refractivity contribution in [3.8, 4) is 0 Å². The second-order valence-corrected chi connectivity index (χ2v) is 2.94. The first-order chi connectivity index (χ1) is 7.01. The van der Waals surface area contributed by atoms with Crippen LogP contribution in [0.15, 0.2) is 12.7 Å². The quantitative estimate of drug-likeness (QED) is 0.592. The van der Waals surface area contributed by atoms with Gasteiger partial charge in [-0.3, -0.25) is 15.4 Å². The maximum atomic E-state index is 11.4. The summed E-state index contributed by atoms with van der Waals surface area (Å²) >= 11 is 0. The third-order valence-electron chi connectivity index (χ3n) is 1.79. The average Bonchev–Trinajstić information content (AvgIpc) is 2.12. The van der Waals surface area contributed by atoms with E-state index < -0.39 is 18.0 Å². The normalized spacial score (nSPS) is 11.3. The van der Waals surface area contributed by atoms with Crippen LogP contribution in [0.1, 0.15) is 19.8 Å². The summed E-state index contributed by atoms with van der Waals surface area (Å²) in [5.74, 6) is -0.766. The van der Waals surface area contributed by atoms with E-state index in [9.17, 15) is 14.4 Å². The monoisotopic (exact) mass is 213 g/mol. The molecule has 1 unspecified atom stereocenters. The highest BCUT2D eigenvalue weighted by atomic mass is 16.2. The van der Waals surface area contributed by atoms with Crippen LogP contribution in [0.5, 0.6) is 0 Å². The Morgan fingerprint density at radius 2 is 2.00 bits per heavy atom. The number of rotatable bonds is 4. The van der Waals surface area contributed by atoms with Crippen molar-refractivity contribution < 1.29 is 14.4 Å². The average molecular weight is 213 g/mol. The van der Waals surface area contributed by atoms with Gasteiger partial charge in [0.25, 0.3) is 0 Å². The van der Waals surface area contributed by atoms with Crippen molar-refractivity contribution in [3.05, 3.63) is 12.7 Å². The van der Waals surface area contributed by atoms with E-state index in [2.05, 4.69) is 6.58 Å². The van der Waals surface area contributed by atoms with Crippen LogP contribution in [0.25, 0.3) is 0 Å². The molecular weight excluding hydrogens is 198 g/mol. The van der Waals surface area contributed by atoms with E-state index in [0.717, 1.165) is 0 Å². The number of amides is 5. The smallest absolute Gasteiger partial charge is 0.329 e. The number of hydrogen-bond donors (Lipinski definition) is 3. The lowest BCUT2D eigenvalue weighted by molar-refractivity contribution is -0.123. The second kappa shape index (κ2) is 6.58. The molecule has 0 bridgehead atoms. The van der Waals surface area contributed by atoms with E-state index in [0.29, 0.717) is 12.8 Å². The Kier molecular flexibility index (Phi) is 5.77.